The largest absolute Gasteiger partial charge is 0.337 e. The smallest absolute Gasteiger partial charge is 0.321 e. The number of hydrogen-bond donors (Lipinski definition) is 2. The van der Waals surface area contributed by atoms with Crippen LogP contribution >= 0.6 is 0 Å². The van der Waals surface area contributed by atoms with Gasteiger partial charge in [-0.05, 0) is 30.7 Å². The Labute approximate surface area is 151 Å². The molecule has 0 atom stereocenters. The lowest BCUT2D eigenvalue weighted by atomic mass is 10.2. The minimum atomic E-state index is -0.558. The molecule has 0 saturated carbocycles. The molecule has 1 saturated heterocycles. The topological polar surface area (TPSA) is 81.8 Å². The minimum Gasteiger partial charge on any atom is -0.337 e. The molecule has 1 aliphatic rings. The van der Waals surface area contributed by atoms with E-state index in [-0.39, 0.29) is 24.8 Å². The van der Waals surface area contributed by atoms with E-state index >= 15 is 0 Å². The van der Waals surface area contributed by atoms with E-state index in [2.05, 4.69) is 17.2 Å². The van der Waals surface area contributed by atoms with Crippen LogP contribution in [0.15, 0.2) is 36.9 Å². The molecule has 4 amide bonds. The molecule has 0 spiro atoms. The van der Waals surface area contributed by atoms with Gasteiger partial charge in [-0.15, -0.1) is 6.58 Å². The van der Waals surface area contributed by atoms with Gasteiger partial charge in [0, 0.05) is 38.3 Å². The zero-order chi connectivity index (χ0) is 18.9. The molecular weight excluding hydrogens is 339 g/mol. The van der Waals surface area contributed by atoms with Crippen molar-refractivity contribution in [2.45, 2.75) is 6.42 Å². The summed E-state index contributed by atoms with van der Waals surface area (Å²) in [5, 5.41) is 4.72. The van der Waals surface area contributed by atoms with E-state index in [4.69, 9.17) is 0 Å². The van der Waals surface area contributed by atoms with E-state index in [1.54, 1.807) is 4.90 Å². The third-order valence-corrected chi connectivity index (χ3v) is 3.99. The van der Waals surface area contributed by atoms with Gasteiger partial charge in [0.2, 0.25) is 5.91 Å². The van der Waals surface area contributed by atoms with Crippen LogP contribution in [0.25, 0.3) is 0 Å². The molecule has 0 aliphatic carbocycles. The van der Waals surface area contributed by atoms with Gasteiger partial charge in [0.25, 0.3) is 5.91 Å². The molecule has 0 unspecified atom stereocenters. The molecule has 0 radical (unpaired) electrons. The van der Waals surface area contributed by atoms with E-state index < -0.39 is 11.9 Å². The number of hydrogen-bond acceptors (Lipinski definition) is 4. The van der Waals surface area contributed by atoms with Crippen molar-refractivity contribution in [3.05, 3.63) is 48.3 Å². The highest BCUT2D eigenvalue weighted by atomic mass is 19.1. The Balaban J connectivity index is 1.82. The first-order chi connectivity index (χ1) is 12.5. The van der Waals surface area contributed by atoms with E-state index in [1.807, 2.05) is 4.90 Å². The van der Waals surface area contributed by atoms with Crippen LogP contribution < -0.4 is 10.6 Å². The van der Waals surface area contributed by atoms with Crippen molar-refractivity contribution in [1.82, 2.24) is 20.4 Å². The molecule has 2 rings (SSSR count). The van der Waals surface area contributed by atoms with Gasteiger partial charge in [0.05, 0.1) is 6.54 Å². The van der Waals surface area contributed by atoms with E-state index in [1.165, 1.54) is 30.3 Å². The molecule has 1 aromatic rings. The Bertz CT molecular complexity index is 663. The number of nitrogens with zero attached hydrogens (tertiary/aromatic N) is 2. The van der Waals surface area contributed by atoms with Gasteiger partial charge in [-0.25, -0.2) is 9.18 Å². The van der Waals surface area contributed by atoms with Crippen LogP contribution in [0, 0.1) is 5.82 Å². The molecular formula is C18H23FN4O3. The number of halogens is 1. The van der Waals surface area contributed by atoms with Crippen LogP contribution in [0.2, 0.25) is 0 Å². The lowest BCUT2D eigenvalue weighted by Gasteiger charge is -2.21. The third-order valence-electron chi connectivity index (χ3n) is 3.99. The molecule has 0 aromatic heterocycles. The Morgan fingerprint density at radius 2 is 1.85 bits per heavy atom. The maximum absolute atomic E-state index is 13.0. The first-order valence-corrected chi connectivity index (χ1v) is 8.45. The van der Waals surface area contributed by atoms with Crippen LogP contribution in [0.4, 0.5) is 9.18 Å². The van der Waals surface area contributed by atoms with Crippen LogP contribution in [0.3, 0.4) is 0 Å². The molecule has 26 heavy (non-hydrogen) atoms. The summed E-state index contributed by atoms with van der Waals surface area (Å²) in [6.07, 6.45) is 2.23. The van der Waals surface area contributed by atoms with Crippen LogP contribution in [0.5, 0.6) is 0 Å². The molecule has 1 aromatic carbocycles. The van der Waals surface area contributed by atoms with Crippen molar-refractivity contribution in [3.8, 4) is 0 Å². The van der Waals surface area contributed by atoms with Gasteiger partial charge in [0.15, 0.2) is 0 Å². The van der Waals surface area contributed by atoms with Crippen LogP contribution in [-0.4, -0.2) is 66.9 Å². The summed E-state index contributed by atoms with van der Waals surface area (Å²) in [6, 6.07) is 4.90. The molecule has 7 nitrogen and oxygen atoms in total. The monoisotopic (exact) mass is 362 g/mol. The molecule has 1 fully saturated rings. The summed E-state index contributed by atoms with van der Waals surface area (Å²) in [6.45, 7) is 6.04. The molecule has 1 heterocycles. The summed E-state index contributed by atoms with van der Waals surface area (Å²) < 4.78 is 13.0. The first-order valence-electron chi connectivity index (χ1n) is 8.45. The van der Waals surface area contributed by atoms with Crippen molar-refractivity contribution < 1.29 is 18.8 Å². The minimum absolute atomic E-state index is 0.0834. The Morgan fingerprint density at radius 3 is 2.54 bits per heavy atom. The van der Waals surface area contributed by atoms with E-state index in [0.717, 1.165) is 0 Å². The van der Waals surface area contributed by atoms with Crippen molar-refractivity contribution in [1.29, 1.82) is 0 Å². The van der Waals surface area contributed by atoms with Gasteiger partial charge in [-0.1, -0.05) is 6.08 Å². The maximum Gasteiger partial charge on any atom is 0.321 e. The summed E-state index contributed by atoms with van der Waals surface area (Å²) in [5.41, 5.74) is 0.441. The van der Waals surface area contributed by atoms with Gasteiger partial charge < -0.3 is 10.2 Å². The van der Waals surface area contributed by atoms with Crippen LogP contribution in [-0.2, 0) is 4.79 Å². The highest BCUT2D eigenvalue weighted by Crippen LogP contribution is 2.10. The number of urea groups is 1. The zero-order valence-corrected chi connectivity index (χ0v) is 14.5. The quantitative estimate of drug-likeness (QED) is 0.766. The van der Waals surface area contributed by atoms with Crippen molar-refractivity contribution in [2.24, 2.45) is 0 Å². The summed E-state index contributed by atoms with van der Waals surface area (Å²) in [4.78, 5) is 39.4. The number of benzene rings is 1. The number of rotatable bonds is 5. The predicted octanol–water partition coefficient (Wildman–Crippen LogP) is 0.985. The number of carbonyl (C=O) groups is 3. The summed E-state index contributed by atoms with van der Waals surface area (Å²) in [5.74, 6) is -0.934. The fourth-order valence-corrected chi connectivity index (χ4v) is 2.69. The number of amides is 4. The van der Waals surface area contributed by atoms with Crippen molar-refractivity contribution in [2.75, 3.05) is 39.3 Å². The Morgan fingerprint density at radius 1 is 1.12 bits per heavy atom. The SMILES string of the molecule is C=CCNC(=O)NC(=O)CN1CCCN(C(=O)c2ccc(F)cc2)CC1. The summed E-state index contributed by atoms with van der Waals surface area (Å²) in [7, 11) is 0. The highest BCUT2D eigenvalue weighted by Gasteiger charge is 2.21. The summed E-state index contributed by atoms with van der Waals surface area (Å²) >= 11 is 0. The fraction of sp³-hybridized carbons (Fsp3) is 0.389. The second-order valence-electron chi connectivity index (χ2n) is 5.98. The lowest BCUT2D eigenvalue weighted by molar-refractivity contribution is -0.121. The van der Waals surface area contributed by atoms with Gasteiger partial charge in [0.1, 0.15) is 5.82 Å². The number of carbonyl (C=O) groups excluding carboxylic acids is 3. The average molecular weight is 362 g/mol. The first kappa shape index (κ1) is 19.6. The fourth-order valence-electron chi connectivity index (χ4n) is 2.69. The average Bonchev–Trinajstić information content (AvgIpc) is 2.85. The van der Waals surface area contributed by atoms with Gasteiger partial charge >= 0.3 is 6.03 Å². The standard InChI is InChI=1S/C18H23FN4O3/c1-2-8-20-18(26)21-16(24)13-22-9-3-10-23(12-11-22)17(25)14-4-6-15(19)7-5-14/h2,4-7H,1,3,8-13H2,(H2,20,21,24,26). The normalized spacial score (nSPS) is 15.0. The second-order valence-corrected chi connectivity index (χ2v) is 5.98. The third kappa shape index (κ3) is 5.96. The Hall–Kier alpha value is -2.74. The Kier molecular flexibility index (Phi) is 7.28. The van der Waals surface area contributed by atoms with E-state index in [0.29, 0.717) is 38.2 Å². The lowest BCUT2D eigenvalue weighted by Crippen LogP contribution is -2.45. The molecule has 2 N–H and O–H groups in total. The van der Waals surface area contributed by atoms with Gasteiger partial charge in [-0.3, -0.25) is 19.8 Å². The molecule has 0 bridgehead atoms. The number of imide groups is 1. The highest BCUT2D eigenvalue weighted by molar-refractivity contribution is 5.95. The van der Waals surface area contributed by atoms with Crippen molar-refractivity contribution >= 4 is 17.8 Å². The number of nitrogens with one attached hydrogen (secondary N) is 2. The van der Waals surface area contributed by atoms with Crippen molar-refractivity contribution in [3.63, 3.8) is 0 Å². The second kappa shape index (κ2) is 9.67. The molecule has 8 heteroatoms. The molecule has 1 aliphatic heterocycles. The van der Waals surface area contributed by atoms with E-state index in [9.17, 15) is 18.8 Å². The zero-order valence-electron chi connectivity index (χ0n) is 14.5. The van der Waals surface area contributed by atoms with Crippen LogP contribution in [0.1, 0.15) is 16.8 Å². The molecule has 140 valence electrons. The maximum atomic E-state index is 13.0. The van der Waals surface area contributed by atoms with Gasteiger partial charge in [-0.2, -0.15) is 0 Å². The predicted molar refractivity (Wildman–Crippen MR) is 95.1 cm³/mol.